The summed E-state index contributed by atoms with van der Waals surface area (Å²) in [5, 5.41) is 4.76. The van der Waals surface area contributed by atoms with Gasteiger partial charge < -0.3 is 15.4 Å². The smallest absolute Gasteiger partial charge is 0.308 e. The highest BCUT2D eigenvalue weighted by Crippen LogP contribution is 2.18. The van der Waals surface area contributed by atoms with E-state index in [1.807, 2.05) is 0 Å². The van der Waals surface area contributed by atoms with Crippen molar-refractivity contribution in [2.24, 2.45) is 0 Å². The van der Waals surface area contributed by atoms with Crippen molar-refractivity contribution in [3.63, 3.8) is 0 Å². The highest BCUT2D eigenvalue weighted by atomic mass is 19.1. The Morgan fingerprint density at radius 1 is 1.07 bits per heavy atom. The van der Waals surface area contributed by atoms with Crippen molar-refractivity contribution in [1.82, 2.24) is 5.32 Å². The standard InChI is InChI=1S/C19H18F2N2O4/c1-12(24)22-16(13-5-3-2-4-6-13)10-19(26)27-11-18(25)23-17-9-14(20)7-8-15(17)21/h2-9,16H,10-11H2,1H3,(H,22,24)(H,23,25)/t16-/m0/s1. The van der Waals surface area contributed by atoms with Crippen LogP contribution in [-0.4, -0.2) is 24.4 Å². The molecule has 2 aromatic rings. The normalized spacial score (nSPS) is 11.4. The maximum Gasteiger partial charge on any atom is 0.308 e. The van der Waals surface area contributed by atoms with E-state index in [2.05, 4.69) is 10.6 Å². The fraction of sp³-hybridized carbons (Fsp3) is 0.211. The lowest BCUT2D eigenvalue weighted by Gasteiger charge is -2.17. The molecular weight excluding hydrogens is 358 g/mol. The third-order valence-corrected chi connectivity index (χ3v) is 3.52. The molecule has 6 nitrogen and oxygen atoms in total. The SMILES string of the molecule is CC(=O)N[C@@H](CC(=O)OCC(=O)Nc1cc(F)ccc1F)c1ccccc1. The molecule has 0 heterocycles. The van der Waals surface area contributed by atoms with E-state index in [0.29, 0.717) is 5.56 Å². The van der Waals surface area contributed by atoms with Crippen LogP contribution in [0, 0.1) is 11.6 Å². The van der Waals surface area contributed by atoms with Crippen molar-refractivity contribution < 1.29 is 27.9 Å². The van der Waals surface area contributed by atoms with Crippen LogP contribution in [0.4, 0.5) is 14.5 Å². The first kappa shape index (κ1) is 20.0. The second-order valence-electron chi connectivity index (χ2n) is 5.70. The van der Waals surface area contributed by atoms with E-state index in [-0.39, 0.29) is 18.0 Å². The van der Waals surface area contributed by atoms with Gasteiger partial charge in [-0.2, -0.15) is 0 Å². The quantitative estimate of drug-likeness (QED) is 0.728. The van der Waals surface area contributed by atoms with Gasteiger partial charge in [-0.1, -0.05) is 30.3 Å². The molecule has 142 valence electrons. The van der Waals surface area contributed by atoms with Crippen molar-refractivity contribution in [2.45, 2.75) is 19.4 Å². The monoisotopic (exact) mass is 376 g/mol. The molecule has 0 bridgehead atoms. The highest BCUT2D eigenvalue weighted by Gasteiger charge is 2.19. The van der Waals surface area contributed by atoms with Crippen LogP contribution < -0.4 is 10.6 Å². The minimum absolute atomic E-state index is 0.189. The van der Waals surface area contributed by atoms with Crippen LogP contribution in [0.3, 0.4) is 0 Å². The van der Waals surface area contributed by atoms with Crippen molar-refractivity contribution in [3.05, 3.63) is 65.7 Å². The van der Waals surface area contributed by atoms with Gasteiger partial charge in [0.25, 0.3) is 5.91 Å². The number of rotatable bonds is 7. The van der Waals surface area contributed by atoms with E-state index in [1.54, 1.807) is 30.3 Å². The average Bonchev–Trinajstić information content (AvgIpc) is 2.63. The van der Waals surface area contributed by atoms with E-state index in [4.69, 9.17) is 4.74 Å². The summed E-state index contributed by atoms with van der Waals surface area (Å²) in [4.78, 5) is 35.1. The van der Waals surface area contributed by atoms with E-state index in [0.717, 1.165) is 18.2 Å². The lowest BCUT2D eigenvalue weighted by Crippen LogP contribution is -2.29. The average molecular weight is 376 g/mol. The molecule has 8 heteroatoms. The molecule has 0 aromatic heterocycles. The number of benzene rings is 2. The first-order valence-electron chi connectivity index (χ1n) is 8.07. The predicted octanol–water partition coefficient (Wildman–Crippen LogP) is 2.71. The Bertz CT molecular complexity index is 828. The first-order chi connectivity index (χ1) is 12.8. The van der Waals surface area contributed by atoms with Crippen molar-refractivity contribution in [3.8, 4) is 0 Å². The summed E-state index contributed by atoms with van der Waals surface area (Å²) >= 11 is 0. The summed E-state index contributed by atoms with van der Waals surface area (Å²) in [7, 11) is 0. The highest BCUT2D eigenvalue weighted by molar-refractivity contribution is 5.93. The van der Waals surface area contributed by atoms with Crippen LogP contribution in [0.25, 0.3) is 0 Å². The molecule has 0 aliphatic heterocycles. The van der Waals surface area contributed by atoms with Crippen molar-refractivity contribution in [1.29, 1.82) is 0 Å². The first-order valence-corrected chi connectivity index (χ1v) is 8.07. The summed E-state index contributed by atoms with van der Waals surface area (Å²) in [6.45, 7) is 0.651. The lowest BCUT2D eigenvalue weighted by atomic mass is 10.0. The summed E-state index contributed by atoms with van der Waals surface area (Å²) in [5.74, 6) is -3.40. The number of carbonyl (C=O) groups is 3. The number of amides is 2. The molecular formula is C19H18F2N2O4. The molecule has 0 spiro atoms. The Balaban J connectivity index is 1.90. The van der Waals surface area contributed by atoms with Crippen LogP contribution in [0.5, 0.6) is 0 Å². The third-order valence-electron chi connectivity index (χ3n) is 3.52. The Labute approximate surface area is 154 Å². The molecule has 0 saturated heterocycles. The molecule has 0 fully saturated rings. The number of hydrogen-bond acceptors (Lipinski definition) is 4. The maximum absolute atomic E-state index is 13.5. The largest absolute Gasteiger partial charge is 0.455 e. The van der Waals surface area contributed by atoms with Crippen molar-refractivity contribution in [2.75, 3.05) is 11.9 Å². The van der Waals surface area contributed by atoms with Crippen molar-refractivity contribution >= 4 is 23.5 Å². The van der Waals surface area contributed by atoms with E-state index < -0.39 is 36.2 Å². The molecule has 2 N–H and O–H groups in total. The van der Waals surface area contributed by atoms with Crippen LogP contribution in [0.1, 0.15) is 24.9 Å². The Hall–Kier alpha value is -3.29. The summed E-state index contributed by atoms with van der Waals surface area (Å²) in [6.07, 6.45) is -0.189. The molecule has 0 saturated carbocycles. The number of nitrogens with one attached hydrogen (secondary N) is 2. The Kier molecular flexibility index (Phi) is 6.99. The van der Waals surface area contributed by atoms with Crippen LogP contribution in [0.2, 0.25) is 0 Å². The van der Waals surface area contributed by atoms with Crippen LogP contribution >= 0.6 is 0 Å². The van der Waals surface area contributed by atoms with Gasteiger partial charge in [0, 0.05) is 13.0 Å². The minimum atomic E-state index is -0.816. The molecule has 2 rings (SSSR count). The summed E-state index contributed by atoms with van der Waals surface area (Å²) in [5.41, 5.74) is 0.354. The van der Waals surface area contributed by atoms with Crippen LogP contribution in [0.15, 0.2) is 48.5 Å². The van der Waals surface area contributed by atoms with E-state index >= 15 is 0 Å². The second kappa shape index (κ2) is 9.42. The predicted molar refractivity (Wildman–Crippen MR) is 93.6 cm³/mol. The van der Waals surface area contributed by atoms with E-state index in [9.17, 15) is 23.2 Å². The van der Waals surface area contributed by atoms with Gasteiger partial charge in [0.1, 0.15) is 11.6 Å². The van der Waals surface area contributed by atoms with Gasteiger partial charge >= 0.3 is 5.97 Å². The van der Waals surface area contributed by atoms with Gasteiger partial charge in [0.05, 0.1) is 18.2 Å². The second-order valence-corrected chi connectivity index (χ2v) is 5.70. The molecule has 0 radical (unpaired) electrons. The molecule has 2 aromatic carbocycles. The number of carbonyl (C=O) groups excluding carboxylic acids is 3. The number of halogens is 2. The van der Waals surface area contributed by atoms with Gasteiger partial charge in [-0.25, -0.2) is 8.78 Å². The molecule has 0 aliphatic rings. The zero-order valence-electron chi connectivity index (χ0n) is 14.5. The Morgan fingerprint density at radius 3 is 2.44 bits per heavy atom. The van der Waals surface area contributed by atoms with Gasteiger partial charge in [-0.15, -0.1) is 0 Å². The number of anilines is 1. The zero-order valence-corrected chi connectivity index (χ0v) is 14.5. The molecule has 0 aliphatic carbocycles. The fourth-order valence-corrected chi connectivity index (χ4v) is 2.33. The zero-order chi connectivity index (χ0) is 19.8. The topological polar surface area (TPSA) is 84.5 Å². The minimum Gasteiger partial charge on any atom is -0.455 e. The molecule has 1 atom stereocenters. The summed E-state index contributed by atoms with van der Waals surface area (Å²) < 4.78 is 31.4. The molecule has 0 unspecified atom stereocenters. The fourth-order valence-electron chi connectivity index (χ4n) is 2.33. The lowest BCUT2D eigenvalue weighted by molar-refractivity contribution is -0.148. The summed E-state index contributed by atoms with van der Waals surface area (Å²) in [6, 6.07) is 10.8. The Morgan fingerprint density at radius 2 is 1.78 bits per heavy atom. The van der Waals surface area contributed by atoms with Gasteiger partial charge in [0.15, 0.2) is 6.61 Å². The maximum atomic E-state index is 13.5. The van der Waals surface area contributed by atoms with E-state index in [1.165, 1.54) is 6.92 Å². The third kappa shape index (κ3) is 6.50. The van der Waals surface area contributed by atoms with Gasteiger partial charge in [0.2, 0.25) is 5.91 Å². The number of ether oxygens (including phenoxy) is 1. The van der Waals surface area contributed by atoms with Gasteiger partial charge in [-0.3, -0.25) is 14.4 Å². The number of hydrogen-bond donors (Lipinski definition) is 2. The van der Waals surface area contributed by atoms with Crippen LogP contribution in [-0.2, 0) is 19.1 Å². The number of esters is 1. The van der Waals surface area contributed by atoms with Gasteiger partial charge in [-0.05, 0) is 17.7 Å². The molecule has 27 heavy (non-hydrogen) atoms. The molecule has 2 amide bonds.